The Bertz CT molecular complexity index is 443. The second-order valence-electron chi connectivity index (χ2n) is 4.06. The highest BCUT2D eigenvalue weighted by Gasteiger charge is 2.33. The largest absolute Gasteiger partial charge is 0.481 e. The van der Waals surface area contributed by atoms with E-state index >= 15 is 0 Å². The number of rotatable bonds is 3. The van der Waals surface area contributed by atoms with Gasteiger partial charge in [0.1, 0.15) is 0 Å². The number of hydrogen-bond acceptors (Lipinski definition) is 4. The first kappa shape index (κ1) is 11.5. The molecule has 17 heavy (non-hydrogen) atoms. The molecule has 1 heterocycles. The Balaban J connectivity index is 2.22. The molecule has 90 valence electrons. The predicted octanol–water partition coefficient (Wildman–Crippen LogP) is 0.982. The van der Waals surface area contributed by atoms with E-state index in [-0.39, 0.29) is 11.6 Å². The van der Waals surface area contributed by atoms with Crippen molar-refractivity contribution in [1.82, 2.24) is 5.32 Å². The highest BCUT2D eigenvalue weighted by atomic mass is 16.6. The summed E-state index contributed by atoms with van der Waals surface area (Å²) in [7, 11) is 0. The lowest BCUT2D eigenvalue weighted by Crippen LogP contribution is -2.20. The molecule has 0 bridgehead atoms. The fraction of sp³-hybridized carbons (Fsp3) is 0.364. The number of carbonyl (C=O) groups is 1. The molecule has 1 saturated heterocycles. The average Bonchev–Trinajstić information content (AvgIpc) is 2.78. The van der Waals surface area contributed by atoms with Crippen molar-refractivity contribution in [3.8, 4) is 0 Å². The monoisotopic (exact) mass is 236 g/mol. The van der Waals surface area contributed by atoms with Crippen molar-refractivity contribution in [3.63, 3.8) is 0 Å². The fourth-order valence-electron chi connectivity index (χ4n) is 2.13. The summed E-state index contributed by atoms with van der Waals surface area (Å²) in [6.07, 6.45) is 0. The van der Waals surface area contributed by atoms with Crippen LogP contribution in [0.5, 0.6) is 0 Å². The smallest absolute Gasteiger partial charge is 0.308 e. The molecule has 6 heteroatoms. The van der Waals surface area contributed by atoms with Gasteiger partial charge >= 0.3 is 5.97 Å². The number of nitro groups is 1. The number of carboxylic acid groups (broad SMARTS) is 1. The van der Waals surface area contributed by atoms with Crippen LogP contribution in [0.3, 0.4) is 0 Å². The van der Waals surface area contributed by atoms with Gasteiger partial charge in [-0.15, -0.1) is 0 Å². The van der Waals surface area contributed by atoms with E-state index in [1.165, 1.54) is 12.1 Å². The van der Waals surface area contributed by atoms with Gasteiger partial charge in [-0.05, 0) is 5.56 Å². The SMILES string of the molecule is O=C(O)[C@H]1CNC[C@@H]1c1ccc([N+](=O)[O-])cc1. The molecule has 0 radical (unpaired) electrons. The molecule has 1 aromatic carbocycles. The summed E-state index contributed by atoms with van der Waals surface area (Å²) in [6, 6.07) is 6.08. The van der Waals surface area contributed by atoms with Crippen molar-refractivity contribution in [2.75, 3.05) is 13.1 Å². The number of non-ortho nitro benzene ring substituents is 1. The Labute approximate surface area is 97.4 Å². The molecule has 2 rings (SSSR count). The van der Waals surface area contributed by atoms with Crippen LogP contribution in [0, 0.1) is 16.0 Å². The first-order valence-electron chi connectivity index (χ1n) is 5.27. The Morgan fingerprint density at radius 3 is 2.53 bits per heavy atom. The standard InChI is InChI=1S/C11H12N2O4/c14-11(15)10-6-12-5-9(10)7-1-3-8(4-2-7)13(16)17/h1-4,9-10,12H,5-6H2,(H,14,15)/t9-,10+/m1/s1. The predicted molar refractivity (Wildman–Crippen MR) is 59.8 cm³/mol. The summed E-state index contributed by atoms with van der Waals surface area (Å²) in [5, 5.41) is 22.6. The van der Waals surface area contributed by atoms with Gasteiger partial charge in [0.2, 0.25) is 0 Å². The van der Waals surface area contributed by atoms with Crippen LogP contribution in [-0.4, -0.2) is 29.1 Å². The number of hydrogen-bond donors (Lipinski definition) is 2. The van der Waals surface area contributed by atoms with E-state index in [0.29, 0.717) is 13.1 Å². The van der Waals surface area contributed by atoms with Crippen LogP contribution in [0.4, 0.5) is 5.69 Å². The van der Waals surface area contributed by atoms with Gasteiger partial charge in [-0.25, -0.2) is 0 Å². The molecule has 1 aromatic rings. The van der Waals surface area contributed by atoms with Crippen molar-refractivity contribution in [2.45, 2.75) is 5.92 Å². The van der Waals surface area contributed by atoms with Crippen LogP contribution >= 0.6 is 0 Å². The topological polar surface area (TPSA) is 92.5 Å². The molecule has 0 unspecified atom stereocenters. The van der Waals surface area contributed by atoms with Gasteiger partial charge in [0.15, 0.2) is 0 Å². The van der Waals surface area contributed by atoms with Gasteiger partial charge in [-0.3, -0.25) is 14.9 Å². The van der Waals surface area contributed by atoms with Crippen molar-refractivity contribution in [2.24, 2.45) is 5.92 Å². The third kappa shape index (κ3) is 2.26. The number of nitrogens with zero attached hydrogens (tertiary/aromatic N) is 1. The minimum Gasteiger partial charge on any atom is -0.481 e. The molecule has 1 aliphatic rings. The van der Waals surface area contributed by atoms with Crippen molar-refractivity contribution in [1.29, 1.82) is 0 Å². The minimum atomic E-state index is -0.835. The second kappa shape index (κ2) is 4.50. The number of aliphatic carboxylic acids is 1. The summed E-state index contributed by atoms with van der Waals surface area (Å²) in [5.74, 6) is -1.41. The molecule has 2 N–H and O–H groups in total. The highest BCUT2D eigenvalue weighted by molar-refractivity contribution is 5.72. The normalized spacial score (nSPS) is 23.5. The van der Waals surface area contributed by atoms with E-state index in [1.54, 1.807) is 12.1 Å². The Kier molecular flexibility index (Phi) is 3.06. The Hall–Kier alpha value is -1.95. The number of nitro benzene ring substituents is 1. The van der Waals surface area contributed by atoms with Gasteiger partial charge < -0.3 is 10.4 Å². The van der Waals surface area contributed by atoms with Crippen LogP contribution in [0.1, 0.15) is 11.5 Å². The van der Waals surface area contributed by atoms with Gasteiger partial charge in [0, 0.05) is 31.1 Å². The van der Waals surface area contributed by atoms with Gasteiger partial charge in [0.25, 0.3) is 5.69 Å². The molecule has 0 amide bonds. The molecule has 0 aliphatic carbocycles. The maximum absolute atomic E-state index is 11.0. The maximum atomic E-state index is 11.0. The fourth-order valence-corrected chi connectivity index (χ4v) is 2.13. The molecular formula is C11H12N2O4. The Morgan fingerprint density at radius 1 is 1.35 bits per heavy atom. The van der Waals surface area contributed by atoms with Gasteiger partial charge in [-0.1, -0.05) is 12.1 Å². The zero-order chi connectivity index (χ0) is 12.4. The molecule has 0 aromatic heterocycles. The van der Waals surface area contributed by atoms with Gasteiger partial charge in [-0.2, -0.15) is 0 Å². The summed E-state index contributed by atoms with van der Waals surface area (Å²) in [5.41, 5.74) is 0.847. The van der Waals surface area contributed by atoms with Crippen molar-refractivity contribution in [3.05, 3.63) is 39.9 Å². The van der Waals surface area contributed by atoms with E-state index in [2.05, 4.69) is 5.32 Å². The van der Waals surface area contributed by atoms with Crippen LogP contribution in [-0.2, 0) is 4.79 Å². The number of carboxylic acids is 1. The lowest BCUT2D eigenvalue weighted by molar-refractivity contribution is -0.384. The summed E-state index contributed by atoms with van der Waals surface area (Å²) in [6.45, 7) is 1.03. The van der Waals surface area contributed by atoms with E-state index in [9.17, 15) is 14.9 Å². The van der Waals surface area contributed by atoms with E-state index in [0.717, 1.165) is 5.56 Å². The lowest BCUT2D eigenvalue weighted by atomic mass is 9.89. The lowest BCUT2D eigenvalue weighted by Gasteiger charge is -2.14. The van der Waals surface area contributed by atoms with Crippen LogP contribution in [0.25, 0.3) is 0 Å². The summed E-state index contributed by atoms with van der Waals surface area (Å²) < 4.78 is 0. The maximum Gasteiger partial charge on any atom is 0.308 e. The van der Waals surface area contributed by atoms with E-state index in [4.69, 9.17) is 5.11 Å². The quantitative estimate of drug-likeness (QED) is 0.603. The second-order valence-corrected chi connectivity index (χ2v) is 4.06. The molecule has 0 spiro atoms. The first-order valence-corrected chi connectivity index (χ1v) is 5.27. The number of nitrogens with one attached hydrogen (secondary N) is 1. The third-order valence-electron chi connectivity index (χ3n) is 3.06. The summed E-state index contributed by atoms with van der Waals surface area (Å²) in [4.78, 5) is 21.1. The van der Waals surface area contributed by atoms with Crippen LogP contribution in [0.2, 0.25) is 0 Å². The molecule has 1 aliphatic heterocycles. The molecule has 6 nitrogen and oxygen atoms in total. The third-order valence-corrected chi connectivity index (χ3v) is 3.06. The van der Waals surface area contributed by atoms with Crippen LogP contribution in [0.15, 0.2) is 24.3 Å². The number of benzene rings is 1. The van der Waals surface area contributed by atoms with Crippen molar-refractivity contribution < 1.29 is 14.8 Å². The van der Waals surface area contributed by atoms with E-state index in [1.807, 2.05) is 0 Å². The average molecular weight is 236 g/mol. The minimum absolute atomic E-state index is 0.0200. The molecular weight excluding hydrogens is 224 g/mol. The molecule has 0 saturated carbocycles. The summed E-state index contributed by atoms with van der Waals surface area (Å²) >= 11 is 0. The molecule has 1 fully saturated rings. The van der Waals surface area contributed by atoms with Crippen molar-refractivity contribution >= 4 is 11.7 Å². The first-order chi connectivity index (χ1) is 8.09. The van der Waals surface area contributed by atoms with Gasteiger partial charge in [0.05, 0.1) is 10.8 Å². The molecule has 2 atom stereocenters. The zero-order valence-corrected chi connectivity index (χ0v) is 9.00. The van der Waals surface area contributed by atoms with E-state index < -0.39 is 16.8 Å². The zero-order valence-electron chi connectivity index (χ0n) is 9.00. The highest BCUT2D eigenvalue weighted by Crippen LogP contribution is 2.29. The Morgan fingerprint density at radius 2 is 2.00 bits per heavy atom. The van der Waals surface area contributed by atoms with Crippen LogP contribution < -0.4 is 5.32 Å².